The third kappa shape index (κ3) is 4.61. The van der Waals surface area contributed by atoms with E-state index in [1.807, 2.05) is 0 Å². The van der Waals surface area contributed by atoms with Gasteiger partial charge in [0.15, 0.2) is 34.7 Å². The summed E-state index contributed by atoms with van der Waals surface area (Å²) in [5.74, 6) is -12.4. The summed E-state index contributed by atoms with van der Waals surface area (Å²) in [7, 11) is 6.37. The molecular formula is C30H32FN5O8. The van der Waals surface area contributed by atoms with Gasteiger partial charge in [0.25, 0.3) is 0 Å². The maximum atomic E-state index is 14.1. The fourth-order valence-corrected chi connectivity index (χ4v) is 7.00. The average Bonchev–Trinajstić information content (AvgIpc) is 2.91. The highest BCUT2D eigenvalue weighted by atomic mass is 19.1. The maximum Gasteiger partial charge on any atom is 0.323 e. The van der Waals surface area contributed by atoms with Gasteiger partial charge >= 0.3 is 6.03 Å². The number of phenols is 1. The number of aromatic hydroxyl groups is 1. The van der Waals surface area contributed by atoms with E-state index in [4.69, 9.17) is 5.73 Å². The fourth-order valence-electron chi connectivity index (χ4n) is 7.00. The zero-order chi connectivity index (χ0) is 32.4. The second-order valence-electron chi connectivity index (χ2n) is 11.9. The van der Waals surface area contributed by atoms with Crippen molar-refractivity contribution < 1.29 is 43.4 Å². The molecule has 0 spiro atoms. The van der Waals surface area contributed by atoms with Crippen molar-refractivity contribution >= 4 is 52.1 Å². The maximum absolute atomic E-state index is 14.1. The minimum Gasteiger partial charge on any atom is -0.505 e. The lowest BCUT2D eigenvalue weighted by atomic mass is 9.52. The molecule has 2 aromatic rings. The van der Waals surface area contributed by atoms with Crippen molar-refractivity contribution in [3.05, 3.63) is 47.3 Å². The average molecular weight is 610 g/mol. The highest BCUT2D eigenvalue weighted by molar-refractivity contribution is 6.32. The Morgan fingerprint density at radius 2 is 1.73 bits per heavy atom. The number of halogens is 1. The smallest absolute Gasteiger partial charge is 0.323 e. The number of fused-ring (bicyclic) bond motifs is 3. The number of hydrogen-bond acceptors (Lipinski definition) is 10. The Morgan fingerprint density at radius 1 is 1.05 bits per heavy atom. The van der Waals surface area contributed by atoms with E-state index in [-0.39, 0.29) is 29.8 Å². The molecule has 0 heterocycles. The molecule has 0 aliphatic heterocycles. The van der Waals surface area contributed by atoms with Gasteiger partial charge in [-0.1, -0.05) is 6.07 Å². The number of aliphatic hydroxyl groups is 1. The topological polar surface area (TPSA) is 199 Å². The molecular weight excluding hydrogens is 577 g/mol. The first-order valence-electron chi connectivity index (χ1n) is 13.8. The molecule has 3 aliphatic carbocycles. The minimum absolute atomic E-state index is 0.0582. The lowest BCUT2D eigenvalue weighted by Gasteiger charge is -2.52. The van der Waals surface area contributed by atoms with Gasteiger partial charge in [-0.25, -0.2) is 9.18 Å². The van der Waals surface area contributed by atoms with E-state index < -0.39 is 82.0 Å². The van der Waals surface area contributed by atoms with Crippen LogP contribution in [0, 0.1) is 29.5 Å². The highest BCUT2D eigenvalue weighted by Gasteiger charge is 2.69. The van der Waals surface area contributed by atoms with Gasteiger partial charge in [0.2, 0.25) is 5.91 Å². The number of amides is 3. The number of carbonyl (C=O) groups excluding carboxylic acids is 6. The monoisotopic (exact) mass is 609 g/mol. The Labute approximate surface area is 251 Å². The third-order valence-electron chi connectivity index (χ3n) is 8.85. The van der Waals surface area contributed by atoms with Gasteiger partial charge in [0, 0.05) is 31.4 Å². The van der Waals surface area contributed by atoms with Crippen molar-refractivity contribution in [2.75, 3.05) is 43.7 Å². The van der Waals surface area contributed by atoms with Crippen LogP contribution >= 0.6 is 0 Å². The molecule has 0 aromatic heterocycles. The van der Waals surface area contributed by atoms with Crippen molar-refractivity contribution in [2.24, 2.45) is 29.4 Å². The minimum atomic E-state index is -2.85. The highest BCUT2D eigenvalue weighted by Crippen LogP contribution is 2.52. The molecule has 2 fully saturated rings. The molecule has 0 saturated heterocycles. The van der Waals surface area contributed by atoms with E-state index in [0.717, 1.165) is 6.07 Å². The number of benzene rings is 2. The van der Waals surface area contributed by atoms with Crippen molar-refractivity contribution in [3.63, 3.8) is 0 Å². The number of Topliss-reactive ketones (excluding diaryl/α,β-unsaturated/α-hetero) is 4. The Kier molecular flexibility index (Phi) is 7.54. The van der Waals surface area contributed by atoms with Crippen LogP contribution in [0.1, 0.15) is 22.3 Å². The molecule has 6 atom stereocenters. The molecule has 3 aliphatic rings. The molecule has 5 rings (SSSR count). The lowest BCUT2D eigenvalue weighted by molar-refractivity contribution is -0.181. The molecule has 44 heavy (non-hydrogen) atoms. The van der Waals surface area contributed by atoms with E-state index >= 15 is 0 Å². The standard InChI is InChI=1S/C30H32FN5O8/c1-35(2)18-11-17(34-29(43)33-14-7-5-6-13(31)10-14)23(37)20-15(18)8-12-9-16-22(36(3)4)25(39)21(28(32)42)27(41)30(16,44)26(40)19(12)24(20)38/h5-7,10-12,16,19,21-22,37,44H,8-9H2,1-4H3,(H2,32,42)(H2,33,34,43)/t12-,16-,19?,21?,22-,30-/m0/s1. The van der Waals surface area contributed by atoms with Crippen LogP contribution in [0.2, 0.25) is 0 Å². The van der Waals surface area contributed by atoms with Gasteiger partial charge in [-0.15, -0.1) is 0 Å². The molecule has 0 bridgehead atoms. The summed E-state index contributed by atoms with van der Waals surface area (Å²) in [6.45, 7) is 0. The van der Waals surface area contributed by atoms with Gasteiger partial charge in [-0.2, -0.15) is 0 Å². The first-order valence-corrected chi connectivity index (χ1v) is 13.8. The Morgan fingerprint density at radius 3 is 2.32 bits per heavy atom. The second kappa shape index (κ2) is 10.8. The van der Waals surface area contributed by atoms with Gasteiger partial charge in [-0.05, 0) is 62.7 Å². The van der Waals surface area contributed by atoms with E-state index in [2.05, 4.69) is 10.6 Å². The van der Waals surface area contributed by atoms with Crippen LogP contribution in [0.3, 0.4) is 0 Å². The quantitative estimate of drug-likeness (QED) is 0.238. The normalized spacial score (nSPS) is 27.8. The number of phenolic OH excluding ortho intramolecular Hbond substituents is 1. The number of hydrogen-bond donors (Lipinski definition) is 5. The Bertz CT molecular complexity index is 1640. The van der Waals surface area contributed by atoms with Crippen LogP contribution in [0.25, 0.3) is 0 Å². The summed E-state index contributed by atoms with van der Waals surface area (Å²) in [6.07, 6.45) is -0.0315. The molecule has 14 heteroatoms. The van der Waals surface area contributed by atoms with Crippen molar-refractivity contribution in [1.82, 2.24) is 4.90 Å². The molecule has 232 valence electrons. The number of nitrogens with two attached hydrogens (primary N) is 1. The summed E-state index contributed by atoms with van der Waals surface area (Å²) >= 11 is 0. The number of likely N-dealkylation sites (N-methyl/N-ethyl adjacent to an activating group) is 1. The summed E-state index contributed by atoms with van der Waals surface area (Å²) in [4.78, 5) is 82.8. The predicted molar refractivity (Wildman–Crippen MR) is 155 cm³/mol. The predicted octanol–water partition coefficient (Wildman–Crippen LogP) is 0.716. The second-order valence-corrected chi connectivity index (χ2v) is 11.9. The van der Waals surface area contributed by atoms with Crippen LogP contribution < -0.4 is 21.3 Å². The number of urea groups is 1. The van der Waals surface area contributed by atoms with E-state index in [1.165, 1.54) is 43.3 Å². The summed E-state index contributed by atoms with van der Waals surface area (Å²) < 4.78 is 13.6. The Hall–Kier alpha value is -4.69. The molecule has 13 nitrogen and oxygen atoms in total. The largest absolute Gasteiger partial charge is 0.505 e. The van der Waals surface area contributed by atoms with Gasteiger partial charge in [0.1, 0.15) is 11.6 Å². The zero-order valence-electron chi connectivity index (χ0n) is 24.4. The van der Waals surface area contributed by atoms with Gasteiger partial charge < -0.3 is 31.5 Å². The number of anilines is 3. The van der Waals surface area contributed by atoms with Crippen LogP contribution in [-0.4, -0.2) is 90.0 Å². The van der Waals surface area contributed by atoms with Crippen LogP contribution in [0.15, 0.2) is 30.3 Å². The van der Waals surface area contributed by atoms with Crippen LogP contribution in [0.4, 0.5) is 26.2 Å². The summed E-state index contributed by atoms with van der Waals surface area (Å²) in [5.41, 5.74) is 2.98. The first-order chi connectivity index (χ1) is 20.6. The number of ketones is 4. The SMILES string of the molecule is CN(C)c1cc(NC(=O)Nc2cccc(F)c2)c(O)c2c1C[C@H]1C[C@H]3[C@H](N(C)C)C(=O)C(C(N)=O)C(=O)[C@@]3(O)C(=O)C1C2=O. The zero-order valence-corrected chi connectivity index (χ0v) is 24.4. The van der Waals surface area contributed by atoms with Gasteiger partial charge in [-0.3, -0.25) is 28.9 Å². The Balaban J connectivity index is 1.57. The first kappa shape index (κ1) is 30.8. The van der Waals surface area contributed by atoms with Crippen LogP contribution in [-0.2, 0) is 25.6 Å². The number of rotatable bonds is 5. The number of carbonyl (C=O) groups is 6. The molecule has 2 unspecified atom stereocenters. The number of nitrogens with zero attached hydrogens (tertiary/aromatic N) is 2. The number of nitrogens with one attached hydrogen (secondary N) is 2. The molecule has 2 saturated carbocycles. The van der Waals surface area contributed by atoms with E-state index in [9.17, 15) is 43.4 Å². The molecule has 0 radical (unpaired) electrons. The fraction of sp³-hybridized carbons (Fsp3) is 0.400. The van der Waals surface area contributed by atoms with Crippen molar-refractivity contribution in [3.8, 4) is 5.75 Å². The number of primary amides is 1. The molecule has 6 N–H and O–H groups in total. The molecule has 3 amide bonds. The van der Waals surface area contributed by atoms with E-state index in [0.29, 0.717) is 11.3 Å². The summed E-state index contributed by atoms with van der Waals surface area (Å²) in [6, 6.07) is 4.49. The third-order valence-corrected chi connectivity index (χ3v) is 8.85. The van der Waals surface area contributed by atoms with Gasteiger partial charge in [0.05, 0.1) is 23.2 Å². The van der Waals surface area contributed by atoms with Crippen LogP contribution in [0.5, 0.6) is 5.75 Å². The van der Waals surface area contributed by atoms with Crippen molar-refractivity contribution in [2.45, 2.75) is 24.5 Å². The summed E-state index contributed by atoms with van der Waals surface area (Å²) in [5, 5.41) is 27.9. The molecule has 2 aromatic carbocycles. The lowest BCUT2D eigenvalue weighted by Crippen LogP contribution is -2.74. The van der Waals surface area contributed by atoms with E-state index in [1.54, 1.807) is 19.0 Å². The van der Waals surface area contributed by atoms with Crippen molar-refractivity contribution in [1.29, 1.82) is 0 Å².